The van der Waals surface area contributed by atoms with Crippen LogP contribution in [0.3, 0.4) is 0 Å². The minimum atomic E-state index is -4.83. The maximum absolute atomic E-state index is 13.6. The highest BCUT2D eigenvalue weighted by molar-refractivity contribution is 5.94. The molecule has 2 aliphatic rings. The molecule has 8 nitrogen and oxygen atoms in total. The smallest absolute Gasteiger partial charge is 0.406 e. The fourth-order valence-corrected chi connectivity index (χ4v) is 3.97. The molecule has 0 bridgehead atoms. The number of nitrogens with one attached hydrogen (secondary N) is 1. The lowest BCUT2D eigenvalue weighted by Gasteiger charge is -2.43. The summed E-state index contributed by atoms with van der Waals surface area (Å²) in [5.41, 5.74) is 0.209. The second-order valence-electron chi connectivity index (χ2n) is 8.24. The lowest BCUT2D eigenvalue weighted by molar-refractivity contribution is -0.274. The van der Waals surface area contributed by atoms with Gasteiger partial charge in [-0.05, 0) is 48.9 Å². The first-order valence-electron chi connectivity index (χ1n) is 11.0. The van der Waals surface area contributed by atoms with E-state index < -0.39 is 41.5 Å². The zero-order valence-corrected chi connectivity index (χ0v) is 18.8. The number of amides is 3. The molecule has 0 aromatic heterocycles. The minimum absolute atomic E-state index is 0.0351. The number of hydrogen-bond acceptors (Lipinski definition) is 5. The number of ether oxygens (including phenoxy) is 3. The quantitative estimate of drug-likeness (QED) is 0.626. The Morgan fingerprint density at radius 2 is 1.61 bits per heavy atom. The van der Waals surface area contributed by atoms with Crippen LogP contribution in [0.2, 0.25) is 0 Å². The van der Waals surface area contributed by atoms with E-state index in [1.54, 1.807) is 0 Å². The molecule has 1 N–H and O–H groups in total. The van der Waals surface area contributed by atoms with Crippen LogP contribution in [0.25, 0.3) is 0 Å². The third-order valence-corrected chi connectivity index (χ3v) is 5.61. The first-order valence-corrected chi connectivity index (χ1v) is 11.0. The van der Waals surface area contributed by atoms with E-state index in [-0.39, 0.29) is 44.1 Å². The molecule has 36 heavy (non-hydrogen) atoms. The highest BCUT2D eigenvalue weighted by atomic mass is 19.4. The van der Waals surface area contributed by atoms with Gasteiger partial charge in [-0.3, -0.25) is 4.79 Å². The SMILES string of the molecule is O=C(Nc1ccc(OC(F)(F)F)cc1)N1CCCOC2(C1)CN(C(=O)c1ccc(F)c(F)c1)CCO2. The number of rotatable bonds is 3. The molecule has 1 unspecified atom stereocenters. The largest absolute Gasteiger partial charge is 0.573 e. The molecule has 3 amide bonds. The summed E-state index contributed by atoms with van der Waals surface area (Å²) in [6, 6.07) is 7.00. The Kier molecular flexibility index (Phi) is 7.31. The van der Waals surface area contributed by atoms with Gasteiger partial charge in [-0.15, -0.1) is 13.2 Å². The molecule has 1 spiro atoms. The van der Waals surface area contributed by atoms with Gasteiger partial charge in [0.05, 0.1) is 26.3 Å². The topological polar surface area (TPSA) is 80.3 Å². The van der Waals surface area contributed by atoms with Crippen molar-refractivity contribution in [2.45, 2.75) is 18.6 Å². The van der Waals surface area contributed by atoms with Crippen LogP contribution in [0.5, 0.6) is 5.75 Å². The Bertz CT molecular complexity index is 1110. The molecule has 2 saturated heterocycles. The number of nitrogens with zero attached hydrogens (tertiary/aromatic N) is 2. The van der Waals surface area contributed by atoms with E-state index in [2.05, 4.69) is 10.1 Å². The number of morpholine rings is 1. The van der Waals surface area contributed by atoms with Crippen LogP contribution >= 0.6 is 0 Å². The maximum Gasteiger partial charge on any atom is 0.573 e. The summed E-state index contributed by atoms with van der Waals surface area (Å²) in [5, 5.41) is 2.60. The predicted molar refractivity (Wildman–Crippen MR) is 115 cm³/mol. The molecule has 4 rings (SSSR count). The highest BCUT2D eigenvalue weighted by Crippen LogP contribution is 2.27. The molecule has 2 fully saturated rings. The Morgan fingerprint density at radius 3 is 2.31 bits per heavy atom. The van der Waals surface area contributed by atoms with E-state index in [1.165, 1.54) is 28.0 Å². The molecule has 194 valence electrons. The van der Waals surface area contributed by atoms with Crippen molar-refractivity contribution in [3.63, 3.8) is 0 Å². The molecule has 1 atom stereocenters. The third kappa shape index (κ3) is 6.21. The van der Waals surface area contributed by atoms with Crippen LogP contribution < -0.4 is 10.1 Å². The minimum Gasteiger partial charge on any atom is -0.406 e. The lowest BCUT2D eigenvalue weighted by atomic mass is 10.1. The predicted octanol–water partition coefficient (Wildman–Crippen LogP) is 3.99. The highest BCUT2D eigenvalue weighted by Gasteiger charge is 2.43. The summed E-state index contributed by atoms with van der Waals surface area (Å²) >= 11 is 0. The molecule has 0 radical (unpaired) electrons. The molecule has 0 saturated carbocycles. The van der Waals surface area contributed by atoms with Crippen LogP contribution in [0.1, 0.15) is 16.8 Å². The molecule has 2 heterocycles. The molecular formula is C23H22F5N3O5. The first-order chi connectivity index (χ1) is 17.0. The van der Waals surface area contributed by atoms with Crippen LogP contribution in [-0.2, 0) is 9.47 Å². The van der Waals surface area contributed by atoms with E-state index >= 15 is 0 Å². The average molecular weight is 515 g/mol. The third-order valence-electron chi connectivity index (χ3n) is 5.61. The van der Waals surface area contributed by atoms with Crippen molar-refractivity contribution in [1.29, 1.82) is 0 Å². The fourth-order valence-electron chi connectivity index (χ4n) is 3.97. The zero-order valence-electron chi connectivity index (χ0n) is 18.8. The molecule has 13 heteroatoms. The fraction of sp³-hybridized carbons (Fsp3) is 0.391. The van der Waals surface area contributed by atoms with Gasteiger partial charge in [0.25, 0.3) is 5.91 Å². The van der Waals surface area contributed by atoms with Gasteiger partial charge < -0.3 is 29.3 Å². The lowest BCUT2D eigenvalue weighted by Crippen LogP contribution is -2.60. The number of anilines is 1. The van der Waals surface area contributed by atoms with Gasteiger partial charge in [0.15, 0.2) is 11.6 Å². The number of benzene rings is 2. The summed E-state index contributed by atoms with van der Waals surface area (Å²) in [5.74, 6) is -4.52. The molecule has 2 aromatic carbocycles. The van der Waals surface area contributed by atoms with E-state index in [0.29, 0.717) is 13.0 Å². The Morgan fingerprint density at radius 1 is 0.917 bits per heavy atom. The van der Waals surface area contributed by atoms with Gasteiger partial charge in [0, 0.05) is 24.3 Å². The van der Waals surface area contributed by atoms with Crippen molar-refractivity contribution in [1.82, 2.24) is 9.80 Å². The monoisotopic (exact) mass is 515 g/mol. The van der Waals surface area contributed by atoms with Gasteiger partial charge in [-0.25, -0.2) is 13.6 Å². The van der Waals surface area contributed by atoms with Gasteiger partial charge in [0.1, 0.15) is 5.75 Å². The van der Waals surface area contributed by atoms with Gasteiger partial charge in [-0.1, -0.05) is 0 Å². The molecular weight excluding hydrogens is 493 g/mol. The van der Waals surface area contributed by atoms with Crippen molar-refractivity contribution in [2.24, 2.45) is 0 Å². The normalized spacial score (nSPS) is 20.7. The molecule has 2 aliphatic heterocycles. The summed E-state index contributed by atoms with van der Waals surface area (Å²) in [6.07, 6.45) is -4.36. The van der Waals surface area contributed by atoms with Gasteiger partial charge in [0.2, 0.25) is 5.79 Å². The Balaban J connectivity index is 1.43. The Hall–Kier alpha value is -3.45. The van der Waals surface area contributed by atoms with Crippen LogP contribution in [0.4, 0.5) is 32.4 Å². The van der Waals surface area contributed by atoms with E-state index in [9.17, 15) is 31.5 Å². The van der Waals surface area contributed by atoms with E-state index in [4.69, 9.17) is 9.47 Å². The van der Waals surface area contributed by atoms with Crippen molar-refractivity contribution in [3.8, 4) is 5.75 Å². The van der Waals surface area contributed by atoms with E-state index in [0.717, 1.165) is 24.3 Å². The van der Waals surface area contributed by atoms with Gasteiger partial charge >= 0.3 is 12.4 Å². The van der Waals surface area contributed by atoms with Crippen molar-refractivity contribution >= 4 is 17.6 Å². The summed E-state index contributed by atoms with van der Waals surface area (Å²) in [7, 11) is 0. The van der Waals surface area contributed by atoms with Crippen molar-refractivity contribution in [2.75, 3.05) is 44.7 Å². The summed E-state index contributed by atoms with van der Waals surface area (Å²) in [6.45, 7) is 0.699. The second kappa shape index (κ2) is 10.3. The van der Waals surface area contributed by atoms with E-state index in [1.807, 2.05) is 0 Å². The number of carbonyl (C=O) groups is 2. The molecule has 0 aliphatic carbocycles. The number of hydrogen-bond donors (Lipinski definition) is 1. The second-order valence-corrected chi connectivity index (χ2v) is 8.24. The number of urea groups is 1. The standard InChI is InChI=1S/C23H22F5N3O5/c24-18-7-2-15(12-19(18)25)20(32)30-9-11-35-22(13-30)14-31(8-1-10-34-22)21(33)29-16-3-5-17(6-4-16)36-23(26,27)28/h2-7,12H,1,8-11,13-14H2,(H,29,33). The summed E-state index contributed by atoms with van der Waals surface area (Å²) in [4.78, 5) is 28.6. The molecule has 2 aromatic rings. The van der Waals surface area contributed by atoms with Crippen LogP contribution in [0.15, 0.2) is 42.5 Å². The number of carbonyl (C=O) groups excluding carboxylic acids is 2. The average Bonchev–Trinajstić information content (AvgIpc) is 3.03. The van der Waals surface area contributed by atoms with Crippen molar-refractivity contribution in [3.05, 3.63) is 59.7 Å². The number of halogens is 5. The van der Waals surface area contributed by atoms with Crippen LogP contribution in [0, 0.1) is 11.6 Å². The maximum atomic E-state index is 13.6. The number of alkyl halides is 3. The van der Waals surface area contributed by atoms with Crippen LogP contribution in [-0.4, -0.2) is 73.3 Å². The van der Waals surface area contributed by atoms with Crippen molar-refractivity contribution < 1.29 is 45.8 Å². The van der Waals surface area contributed by atoms with Gasteiger partial charge in [-0.2, -0.15) is 0 Å². The Labute approximate surface area is 202 Å². The first kappa shape index (κ1) is 25.6. The zero-order chi connectivity index (χ0) is 25.9. The summed E-state index contributed by atoms with van der Waals surface area (Å²) < 4.78 is 79.4.